The van der Waals surface area contributed by atoms with Crippen molar-refractivity contribution in [3.8, 4) is 0 Å². The quantitative estimate of drug-likeness (QED) is 0.447. The van der Waals surface area contributed by atoms with Crippen LogP contribution >= 0.6 is 12.0 Å². The van der Waals surface area contributed by atoms with Gasteiger partial charge in [0.1, 0.15) is 4.90 Å². The molecule has 0 spiro atoms. The molecule has 0 aliphatic heterocycles. The normalized spacial score (nSPS) is 12.1. The van der Waals surface area contributed by atoms with Crippen LogP contribution in [-0.2, 0) is 4.18 Å². The fraction of sp³-hybridized carbons (Fsp3) is 0.400. The summed E-state index contributed by atoms with van der Waals surface area (Å²) in [6.45, 7) is 3.76. The molecule has 0 unspecified atom stereocenters. The van der Waals surface area contributed by atoms with Crippen LogP contribution in [0.1, 0.15) is 20.3 Å². The number of rotatable bonds is 6. The molecule has 1 atom stereocenters. The first-order chi connectivity index (χ1) is 8.45. The van der Waals surface area contributed by atoms with Crippen molar-refractivity contribution in [2.75, 3.05) is 0 Å². The number of hydrogen-bond acceptors (Lipinski definition) is 6. The molecule has 0 saturated carbocycles. The van der Waals surface area contributed by atoms with Crippen molar-refractivity contribution in [2.24, 2.45) is 0 Å². The van der Waals surface area contributed by atoms with Gasteiger partial charge in [0, 0.05) is 18.1 Å². The SMILES string of the molecule is CC[C@H](C)OSc1ccc([N+](=O)[O-])cc1[N+](=O)[O-]. The van der Waals surface area contributed by atoms with Crippen LogP contribution < -0.4 is 0 Å². The van der Waals surface area contributed by atoms with E-state index in [0.717, 1.165) is 24.5 Å². The molecule has 98 valence electrons. The first kappa shape index (κ1) is 14.4. The Morgan fingerprint density at radius 3 is 2.50 bits per heavy atom. The van der Waals surface area contributed by atoms with Gasteiger partial charge in [-0.15, -0.1) is 0 Å². The molecule has 0 amide bonds. The Morgan fingerprint density at radius 1 is 1.33 bits per heavy atom. The second kappa shape index (κ2) is 6.31. The predicted octanol–water partition coefficient (Wildman–Crippen LogP) is 3.33. The topological polar surface area (TPSA) is 95.5 Å². The number of benzene rings is 1. The monoisotopic (exact) mass is 272 g/mol. The maximum atomic E-state index is 10.8. The Labute approximate surface area is 108 Å². The molecule has 0 aliphatic carbocycles. The molecule has 7 nitrogen and oxygen atoms in total. The lowest BCUT2D eigenvalue weighted by atomic mass is 10.3. The Bertz CT molecular complexity index is 466. The average Bonchev–Trinajstić information content (AvgIpc) is 2.35. The molecule has 18 heavy (non-hydrogen) atoms. The number of nitrogens with zero attached hydrogens (tertiary/aromatic N) is 2. The highest BCUT2D eigenvalue weighted by Gasteiger charge is 2.20. The number of nitro benzene ring substituents is 2. The van der Waals surface area contributed by atoms with Crippen LogP contribution in [0.5, 0.6) is 0 Å². The van der Waals surface area contributed by atoms with Crippen LogP contribution in [0.4, 0.5) is 11.4 Å². The molecule has 8 heteroatoms. The molecular weight excluding hydrogens is 260 g/mol. The van der Waals surface area contributed by atoms with Crippen LogP contribution in [0.15, 0.2) is 23.1 Å². The average molecular weight is 272 g/mol. The number of non-ortho nitro benzene ring substituents is 1. The Kier molecular flexibility index (Phi) is 5.05. The van der Waals surface area contributed by atoms with E-state index in [1.165, 1.54) is 12.1 Å². The van der Waals surface area contributed by atoms with E-state index in [1.54, 1.807) is 0 Å². The van der Waals surface area contributed by atoms with Crippen molar-refractivity contribution < 1.29 is 14.0 Å². The molecule has 0 N–H and O–H groups in total. The lowest BCUT2D eigenvalue weighted by Crippen LogP contribution is -2.01. The van der Waals surface area contributed by atoms with Gasteiger partial charge in [0.05, 0.1) is 22.0 Å². The fourth-order valence-electron chi connectivity index (χ4n) is 1.03. The molecule has 1 aromatic carbocycles. The van der Waals surface area contributed by atoms with Crippen LogP contribution in [-0.4, -0.2) is 16.0 Å². The van der Waals surface area contributed by atoms with E-state index >= 15 is 0 Å². The van der Waals surface area contributed by atoms with Crippen LogP contribution in [0.25, 0.3) is 0 Å². The maximum absolute atomic E-state index is 10.8. The molecule has 0 bridgehead atoms. The second-order valence-electron chi connectivity index (χ2n) is 3.56. The van der Waals surface area contributed by atoms with Crippen LogP contribution in [0, 0.1) is 20.2 Å². The zero-order valence-electron chi connectivity index (χ0n) is 9.86. The molecule has 0 fully saturated rings. The highest BCUT2D eigenvalue weighted by atomic mass is 32.2. The van der Waals surface area contributed by atoms with Gasteiger partial charge in [0.25, 0.3) is 11.4 Å². The summed E-state index contributed by atoms with van der Waals surface area (Å²) in [5.41, 5.74) is -0.632. The maximum Gasteiger partial charge on any atom is 0.292 e. The third-order valence-corrected chi connectivity index (χ3v) is 3.18. The van der Waals surface area contributed by atoms with Gasteiger partial charge >= 0.3 is 0 Å². The van der Waals surface area contributed by atoms with Crippen molar-refractivity contribution in [3.05, 3.63) is 38.4 Å². The molecule has 0 aliphatic rings. The summed E-state index contributed by atoms with van der Waals surface area (Å²) < 4.78 is 5.31. The van der Waals surface area contributed by atoms with Crippen molar-refractivity contribution in [1.29, 1.82) is 0 Å². The van der Waals surface area contributed by atoms with Gasteiger partial charge in [-0.3, -0.25) is 20.2 Å². The molecule has 1 aromatic rings. The molecule has 0 saturated heterocycles. The smallest absolute Gasteiger partial charge is 0.292 e. The first-order valence-corrected chi connectivity index (χ1v) is 5.96. The van der Waals surface area contributed by atoms with Crippen molar-refractivity contribution in [3.63, 3.8) is 0 Å². The first-order valence-electron chi connectivity index (χ1n) is 5.21. The van der Waals surface area contributed by atoms with Gasteiger partial charge in [-0.1, -0.05) is 6.92 Å². The highest BCUT2D eigenvalue weighted by molar-refractivity contribution is 7.94. The number of nitro groups is 2. The van der Waals surface area contributed by atoms with Gasteiger partial charge in [-0.25, -0.2) is 0 Å². The molecule has 0 aromatic heterocycles. The summed E-state index contributed by atoms with van der Waals surface area (Å²) in [6, 6.07) is 3.47. The van der Waals surface area contributed by atoms with E-state index in [2.05, 4.69) is 0 Å². The summed E-state index contributed by atoms with van der Waals surface area (Å²) >= 11 is 0.864. The van der Waals surface area contributed by atoms with Crippen LogP contribution in [0.3, 0.4) is 0 Å². The van der Waals surface area contributed by atoms with E-state index in [1.807, 2.05) is 13.8 Å². The van der Waals surface area contributed by atoms with E-state index in [-0.39, 0.29) is 22.4 Å². The van der Waals surface area contributed by atoms with E-state index in [0.29, 0.717) is 0 Å². The lowest BCUT2D eigenvalue weighted by molar-refractivity contribution is -0.396. The summed E-state index contributed by atoms with van der Waals surface area (Å²) in [5.74, 6) is 0. The Hall–Kier alpha value is -1.67. The molecule has 1 rings (SSSR count). The summed E-state index contributed by atoms with van der Waals surface area (Å²) in [5, 5.41) is 21.4. The summed E-state index contributed by atoms with van der Waals surface area (Å²) in [7, 11) is 0. The van der Waals surface area contributed by atoms with Crippen molar-refractivity contribution >= 4 is 23.4 Å². The largest absolute Gasteiger partial charge is 0.307 e. The Morgan fingerprint density at radius 2 is 2.00 bits per heavy atom. The van der Waals surface area contributed by atoms with Crippen molar-refractivity contribution in [2.45, 2.75) is 31.3 Å². The molecule has 0 heterocycles. The minimum absolute atomic E-state index is 0.0511. The number of hydrogen-bond donors (Lipinski definition) is 0. The van der Waals surface area contributed by atoms with Crippen molar-refractivity contribution in [1.82, 2.24) is 0 Å². The summed E-state index contributed by atoms with van der Waals surface area (Å²) in [4.78, 5) is 20.3. The van der Waals surface area contributed by atoms with Crippen LogP contribution in [0.2, 0.25) is 0 Å². The predicted molar refractivity (Wildman–Crippen MR) is 66.4 cm³/mol. The van der Waals surface area contributed by atoms with Gasteiger partial charge in [-0.2, -0.15) is 0 Å². The van der Waals surface area contributed by atoms with E-state index in [9.17, 15) is 20.2 Å². The zero-order valence-corrected chi connectivity index (χ0v) is 10.7. The second-order valence-corrected chi connectivity index (χ2v) is 4.36. The lowest BCUT2D eigenvalue weighted by Gasteiger charge is -2.08. The Balaban J connectivity index is 2.97. The van der Waals surface area contributed by atoms with Gasteiger partial charge < -0.3 is 4.18 Å². The third kappa shape index (κ3) is 3.67. The summed E-state index contributed by atoms with van der Waals surface area (Å²) in [6.07, 6.45) is 0.720. The fourth-order valence-corrected chi connectivity index (χ4v) is 1.78. The van der Waals surface area contributed by atoms with E-state index < -0.39 is 9.85 Å². The third-order valence-electron chi connectivity index (χ3n) is 2.23. The standard InChI is InChI=1S/C10H12N2O5S/c1-3-7(2)17-18-10-5-4-8(11(13)14)6-9(10)12(15)16/h4-7H,3H2,1-2H3/t7-/m0/s1. The van der Waals surface area contributed by atoms with Gasteiger partial charge in [0.2, 0.25) is 0 Å². The molecule has 0 radical (unpaired) electrons. The minimum atomic E-state index is -0.670. The van der Waals surface area contributed by atoms with Gasteiger partial charge in [0.15, 0.2) is 0 Å². The van der Waals surface area contributed by atoms with Gasteiger partial charge in [-0.05, 0) is 19.4 Å². The molecular formula is C10H12N2O5S. The van der Waals surface area contributed by atoms with E-state index in [4.69, 9.17) is 4.18 Å². The zero-order chi connectivity index (χ0) is 13.7. The highest BCUT2D eigenvalue weighted by Crippen LogP contribution is 2.33. The minimum Gasteiger partial charge on any atom is -0.307 e.